The van der Waals surface area contributed by atoms with E-state index >= 15 is 0 Å². The van der Waals surface area contributed by atoms with E-state index in [1.54, 1.807) is 19.9 Å². The van der Waals surface area contributed by atoms with Crippen LogP contribution in [0.4, 0.5) is 11.4 Å². The van der Waals surface area contributed by atoms with Gasteiger partial charge in [-0.25, -0.2) is 0 Å². The molecule has 0 radical (unpaired) electrons. The van der Waals surface area contributed by atoms with E-state index in [0.717, 1.165) is 17.9 Å². The van der Waals surface area contributed by atoms with Crippen molar-refractivity contribution in [2.45, 2.75) is 52.2 Å². The summed E-state index contributed by atoms with van der Waals surface area (Å²) in [5, 5.41) is 13.5. The second kappa shape index (κ2) is 5.70. The standard InChI is InChI=1S/C15H26N2O2/c1-6-7-19-13-9-11(16)8-12(10-13)17-14(2,3)15(4,5)18/h8-10,17-18H,6-7,16H2,1-5H3. The van der Waals surface area contributed by atoms with E-state index in [1.807, 2.05) is 26.0 Å². The highest BCUT2D eigenvalue weighted by molar-refractivity contribution is 5.60. The Balaban J connectivity index is 2.92. The highest BCUT2D eigenvalue weighted by Gasteiger charge is 2.34. The molecule has 0 aliphatic rings. The number of anilines is 2. The Hall–Kier alpha value is -1.42. The van der Waals surface area contributed by atoms with Crippen molar-refractivity contribution in [3.05, 3.63) is 18.2 Å². The molecule has 0 aliphatic carbocycles. The van der Waals surface area contributed by atoms with Crippen LogP contribution < -0.4 is 15.8 Å². The summed E-state index contributed by atoms with van der Waals surface area (Å²) >= 11 is 0. The van der Waals surface area contributed by atoms with E-state index in [-0.39, 0.29) is 0 Å². The lowest BCUT2D eigenvalue weighted by Crippen LogP contribution is -2.51. The second-order valence-corrected chi connectivity index (χ2v) is 5.95. The Morgan fingerprint density at radius 3 is 2.37 bits per heavy atom. The Bertz CT molecular complexity index is 423. The second-order valence-electron chi connectivity index (χ2n) is 5.95. The third kappa shape index (κ3) is 4.31. The summed E-state index contributed by atoms with van der Waals surface area (Å²) < 4.78 is 5.59. The molecular weight excluding hydrogens is 240 g/mol. The molecule has 4 N–H and O–H groups in total. The van der Waals surface area contributed by atoms with E-state index in [0.29, 0.717) is 12.3 Å². The first-order valence-corrected chi connectivity index (χ1v) is 6.69. The Morgan fingerprint density at radius 1 is 1.21 bits per heavy atom. The summed E-state index contributed by atoms with van der Waals surface area (Å²) in [6.07, 6.45) is 0.951. The number of rotatable bonds is 6. The molecule has 0 saturated heterocycles. The van der Waals surface area contributed by atoms with Gasteiger partial charge in [-0.15, -0.1) is 0 Å². The van der Waals surface area contributed by atoms with Gasteiger partial charge in [0.15, 0.2) is 0 Å². The highest BCUT2D eigenvalue weighted by atomic mass is 16.5. The maximum atomic E-state index is 10.2. The van der Waals surface area contributed by atoms with Gasteiger partial charge in [-0.1, -0.05) is 6.92 Å². The number of nitrogen functional groups attached to an aromatic ring is 1. The molecule has 19 heavy (non-hydrogen) atoms. The fraction of sp³-hybridized carbons (Fsp3) is 0.600. The smallest absolute Gasteiger partial charge is 0.123 e. The van der Waals surface area contributed by atoms with Crippen molar-refractivity contribution in [3.8, 4) is 5.75 Å². The SMILES string of the molecule is CCCOc1cc(N)cc(NC(C)(C)C(C)(C)O)c1. The van der Waals surface area contributed by atoms with Crippen molar-refractivity contribution in [1.29, 1.82) is 0 Å². The molecule has 0 bridgehead atoms. The number of hydrogen-bond donors (Lipinski definition) is 3. The van der Waals surface area contributed by atoms with E-state index in [4.69, 9.17) is 10.5 Å². The molecule has 0 fully saturated rings. The van der Waals surface area contributed by atoms with Gasteiger partial charge >= 0.3 is 0 Å². The summed E-state index contributed by atoms with van der Waals surface area (Å²) in [4.78, 5) is 0. The zero-order valence-electron chi connectivity index (χ0n) is 12.6. The Labute approximate surface area is 116 Å². The lowest BCUT2D eigenvalue weighted by molar-refractivity contribution is 0.0240. The number of aliphatic hydroxyl groups is 1. The average molecular weight is 266 g/mol. The molecule has 0 heterocycles. The first kappa shape index (κ1) is 15.6. The number of hydrogen-bond acceptors (Lipinski definition) is 4. The quantitative estimate of drug-likeness (QED) is 0.692. The van der Waals surface area contributed by atoms with Crippen LogP contribution in [0.3, 0.4) is 0 Å². The fourth-order valence-corrected chi connectivity index (χ4v) is 1.51. The molecule has 4 heteroatoms. The van der Waals surface area contributed by atoms with E-state index in [9.17, 15) is 5.11 Å². The van der Waals surface area contributed by atoms with Gasteiger partial charge in [0.1, 0.15) is 5.75 Å². The van der Waals surface area contributed by atoms with E-state index in [2.05, 4.69) is 12.2 Å². The first-order valence-electron chi connectivity index (χ1n) is 6.69. The van der Waals surface area contributed by atoms with Crippen molar-refractivity contribution in [2.75, 3.05) is 17.7 Å². The van der Waals surface area contributed by atoms with Crippen molar-refractivity contribution in [1.82, 2.24) is 0 Å². The van der Waals surface area contributed by atoms with Crippen molar-refractivity contribution < 1.29 is 9.84 Å². The number of nitrogens with two attached hydrogens (primary N) is 1. The average Bonchev–Trinajstić information content (AvgIpc) is 2.23. The third-order valence-corrected chi connectivity index (χ3v) is 3.39. The molecule has 0 unspecified atom stereocenters. The predicted molar refractivity (Wildman–Crippen MR) is 80.6 cm³/mol. The van der Waals surface area contributed by atoms with Crippen molar-refractivity contribution in [3.63, 3.8) is 0 Å². The maximum absolute atomic E-state index is 10.2. The summed E-state index contributed by atoms with van der Waals surface area (Å²) in [5.74, 6) is 0.746. The maximum Gasteiger partial charge on any atom is 0.123 e. The molecular formula is C15H26N2O2. The van der Waals surface area contributed by atoms with Crippen LogP contribution in [0.15, 0.2) is 18.2 Å². The molecule has 4 nitrogen and oxygen atoms in total. The van der Waals surface area contributed by atoms with E-state index < -0.39 is 11.1 Å². The molecule has 0 aliphatic heterocycles. The number of ether oxygens (including phenoxy) is 1. The molecule has 1 rings (SSSR count). The molecule has 1 aromatic rings. The van der Waals surface area contributed by atoms with Gasteiger partial charge in [0.05, 0.1) is 17.7 Å². The molecule has 108 valence electrons. The number of nitrogens with one attached hydrogen (secondary N) is 1. The van der Waals surface area contributed by atoms with Crippen LogP contribution in [0.1, 0.15) is 41.0 Å². The molecule has 1 aromatic carbocycles. The van der Waals surface area contributed by atoms with Crippen LogP contribution in [0.5, 0.6) is 5.75 Å². The van der Waals surface area contributed by atoms with Crippen LogP contribution >= 0.6 is 0 Å². The Kier molecular flexibility index (Phi) is 4.69. The van der Waals surface area contributed by atoms with E-state index in [1.165, 1.54) is 0 Å². The van der Waals surface area contributed by atoms with Gasteiger partial charge in [0, 0.05) is 23.5 Å². The Morgan fingerprint density at radius 2 is 1.84 bits per heavy atom. The van der Waals surface area contributed by atoms with Crippen LogP contribution in [-0.2, 0) is 0 Å². The zero-order valence-corrected chi connectivity index (χ0v) is 12.6. The lowest BCUT2D eigenvalue weighted by Gasteiger charge is -2.39. The van der Waals surface area contributed by atoms with Crippen LogP contribution in [-0.4, -0.2) is 22.9 Å². The minimum atomic E-state index is -0.859. The lowest BCUT2D eigenvalue weighted by atomic mass is 9.86. The van der Waals surface area contributed by atoms with Crippen LogP contribution in [0, 0.1) is 0 Å². The summed E-state index contributed by atoms with van der Waals surface area (Å²) in [6, 6.07) is 5.55. The summed E-state index contributed by atoms with van der Waals surface area (Å²) in [7, 11) is 0. The first-order chi connectivity index (χ1) is 8.65. The van der Waals surface area contributed by atoms with Gasteiger partial charge in [0.25, 0.3) is 0 Å². The summed E-state index contributed by atoms with van der Waals surface area (Å²) in [5.41, 5.74) is 6.02. The van der Waals surface area contributed by atoms with Crippen molar-refractivity contribution >= 4 is 11.4 Å². The predicted octanol–water partition coefficient (Wildman–Crippen LogP) is 3.02. The third-order valence-electron chi connectivity index (χ3n) is 3.39. The monoisotopic (exact) mass is 266 g/mol. The normalized spacial score (nSPS) is 12.3. The minimum absolute atomic E-state index is 0.483. The molecule has 0 atom stereocenters. The van der Waals surface area contributed by atoms with Crippen molar-refractivity contribution in [2.24, 2.45) is 0 Å². The van der Waals surface area contributed by atoms with Gasteiger partial charge in [-0.2, -0.15) is 0 Å². The molecule has 0 spiro atoms. The van der Waals surface area contributed by atoms with Gasteiger partial charge in [-0.05, 0) is 40.2 Å². The minimum Gasteiger partial charge on any atom is -0.493 e. The molecule has 0 aromatic heterocycles. The van der Waals surface area contributed by atoms with Crippen LogP contribution in [0.2, 0.25) is 0 Å². The van der Waals surface area contributed by atoms with Crippen LogP contribution in [0.25, 0.3) is 0 Å². The molecule has 0 amide bonds. The van der Waals surface area contributed by atoms with Gasteiger partial charge in [0.2, 0.25) is 0 Å². The largest absolute Gasteiger partial charge is 0.493 e. The number of benzene rings is 1. The molecule has 0 saturated carbocycles. The van der Waals surface area contributed by atoms with Gasteiger partial charge in [-0.3, -0.25) is 0 Å². The zero-order chi connectivity index (χ0) is 14.7. The fourth-order valence-electron chi connectivity index (χ4n) is 1.51. The highest BCUT2D eigenvalue weighted by Crippen LogP contribution is 2.29. The van der Waals surface area contributed by atoms with Gasteiger partial charge < -0.3 is 20.9 Å². The summed E-state index contributed by atoms with van der Waals surface area (Å²) in [6.45, 7) is 10.2. The topological polar surface area (TPSA) is 67.5 Å².